The van der Waals surface area contributed by atoms with E-state index >= 15 is 0 Å². The smallest absolute Gasteiger partial charge is 0.315 e. The fourth-order valence-electron chi connectivity index (χ4n) is 2.20. The Bertz CT molecular complexity index is 586. The average Bonchev–Trinajstić information content (AvgIpc) is 2.95. The number of carbonyl (C=O) groups excluding carboxylic acids is 1. The van der Waals surface area contributed by atoms with Crippen molar-refractivity contribution in [2.24, 2.45) is 0 Å². The van der Waals surface area contributed by atoms with Gasteiger partial charge in [0.05, 0.1) is 17.7 Å². The number of carbonyl (C=O) groups is 1. The predicted octanol–water partition coefficient (Wildman–Crippen LogP) is 2.42. The SMILES string of the molecule is Cc1ncsc1CNC(=O)NCC(CCO)c1ccccc1. The average molecular weight is 319 g/mol. The Balaban J connectivity index is 1.81. The number of amides is 2. The van der Waals surface area contributed by atoms with E-state index in [-0.39, 0.29) is 18.6 Å². The molecule has 0 fully saturated rings. The van der Waals surface area contributed by atoms with E-state index in [1.54, 1.807) is 5.51 Å². The summed E-state index contributed by atoms with van der Waals surface area (Å²) in [5.74, 6) is 0.113. The van der Waals surface area contributed by atoms with E-state index < -0.39 is 0 Å². The number of aliphatic hydroxyl groups is 1. The van der Waals surface area contributed by atoms with Crippen LogP contribution >= 0.6 is 11.3 Å². The molecule has 2 rings (SSSR count). The molecule has 22 heavy (non-hydrogen) atoms. The highest BCUT2D eigenvalue weighted by atomic mass is 32.1. The fraction of sp³-hybridized carbons (Fsp3) is 0.375. The molecule has 3 N–H and O–H groups in total. The number of nitrogens with zero attached hydrogens (tertiary/aromatic N) is 1. The summed E-state index contributed by atoms with van der Waals surface area (Å²) < 4.78 is 0. The van der Waals surface area contributed by atoms with Crippen LogP contribution in [0.25, 0.3) is 0 Å². The summed E-state index contributed by atoms with van der Waals surface area (Å²) >= 11 is 1.53. The summed E-state index contributed by atoms with van der Waals surface area (Å²) in [5.41, 5.74) is 3.85. The van der Waals surface area contributed by atoms with Gasteiger partial charge in [-0.1, -0.05) is 30.3 Å². The van der Waals surface area contributed by atoms with Gasteiger partial charge in [0.1, 0.15) is 0 Å². The van der Waals surface area contributed by atoms with Gasteiger partial charge in [-0.05, 0) is 18.9 Å². The van der Waals surface area contributed by atoms with Crippen molar-refractivity contribution in [2.45, 2.75) is 25.8 Å². The van der Waals surface area contributed by atoms with E-state index in [1.807, 2.05) is 37.3 Å². The monoisotopic (exact) mass is 319 g/mol. The highest BCUT2D eigenvalue weighted by Gasteiger charge is 2.12. The van der Waals surface area contributed by atoms with Gasteiger partial charge in [0.25, 0.3) is 0 Å². The van der Waals surface area contributed by atoms with Crippen molar-refractivity contribution < 1.29 is 9.90 Å². The van der Waals surface area contributed by atoms with Gasteiger partial charge in [-0.25, -0.2) is 9.78 Å². The van der Waals surface area contributed by atoms with Crippen molar-refractivity contribution in [3.05, 3.63) is 52.0 Å². The number of aliphatic hydroxyl groups excluding tert-OH is 1. The molecule has 0 aliphatic heterocycles. The van der Waals surface area contributed by atoms with E-state index in [1.165, 1.54) is 11.3 Å². The molecule has 1 aromatic heterocycles. The Hall–Kier alpha value is -1.92. The van der Waals surface area contributed by atoms with Crippen LogP contribution in [0, 0.1) is 6.92 Å². The number of rotatable bonds is 7. The third-order valence-electron chi connectivity index (χ3n) is 3.51. The van der Waals surface area contributed by atoms with Crippen molar-refractivity contribution in [3.63, 3.8) is 0 Å². The Kier molecular flexibility index (Phi) is 6.36. The third-order valence-corrected chi connectivity index (χ3v) is 4.45. The van der Waals surface area contributed by atoms with Crippen molar-refractivity contribution >= 4 is 17.4 Å². The number of hydrogen-bond donors (Lipinski definition) is 3. The quantitative estimate of drug-likeness (QED) is 0.734. The van der Waals surface area contributed by atoms with E-state index in [0.717, 1.165) is 16.1 Å². The number of thiazole rings is 1. The minimum absolute atomic E-state index is 0.100. The lowest BCUT2D eigenvalue weighted by Gasteiger charge is -2.17. The molecule has 5 nitrogen and oxygen atoms in total. The van der Waals surface area contributed by atoms with Crippen LogP contribution < -0.4 is 10.6 Å². The summed E-state index contributed by atoms with van der Waals surface area (Å²) in [6.07, 6.45) is 0.623. The second-order valence-corrected chi connectivity index (χ2v) is 5.98. The lowest BCUT2D eigenvalue weighted by Crippen LogP contribution is -2.37. The first-order chi connectivity index (χ1) is 10.7. The molecule has 0 bridgehead atoms. The van der Waals surface area contributed by atoms with Crippen molar-refractivity contribution in [1.82, 2.24) is 15.6 Å². The van der Waals surface area contributed by atoms with Crippen LogP contribution in [0.5, 0.6) is 0 Å². The van der Waals surface area contributed by atoms with Crippen molar-refractivity contribution in [3.8, 4) is 0 Å². The Morgan fingerprint density at radius 3 is 2.73 bits per heavy atom. The fourth-order valence-corrected chi connectivity index (χ4v) is 2.92. The van der Waals surface area contributed by atoms with Gasteiger partial charge < -0.3 is 15.7 Å². The highest BCUT2D eigenvalue weighted by molar-refractivity contribution is 7.09. The van der Waals surface area contributed by atoms with Crippen molar-refractivity contribution in [2.75, 3.05) is 13.2 Å². The maximum atomic E-state index is 11.9. The van der Waals surface area contributed by atoms with Crippen molar-refractivity contribution in [1.29, 1.82) is 0 Å². The largest absolute Gasteiger partial charge is 0.396 e. The van der Waals surface area contributed by atoms with Gasteiger partial charge in [0, 0.05) is 23.9 Å². The minimum Gasteiger partial charge on any atom is -0.396 e. The van der Waals surface area contributed by atoms with E-state index in [4.69, 9.17) is 0 Å². The van der Waals surface area contributed by atoms with E-state index in [2.05, 4.69) is 15.6 Å². The molecule has 2 aromatic rings. The lowest BCUT2D eigenvalue weighted by atomic mass is 9.96. The molecule has 0 aliphatic rings. The molecule has 0 saturated carbocycles. The lowest BCUT2D eigenvalue weighted by molar-refractivity contribution is 0.237. The zero-order valence-corrected chi connectivity index (χ0v) is 13.4. The maximum absolute atomic E-state index is 11.9. The number of aromatic nitrogens is 1. The topological polar surface area (TPSA) is 74.2 Å². The Labute approximate surface area is 134 Å². The summed E-state index contributed by atoms with van der Waals surface area (Å²) in [4.78, 5) is 17.1. The number of urea groups is 1. The first-order valence-corrected chi connectivity index (χ1v) is 8.15. The number of aryl methyl sites for hydroxylation is 1. The molecule has 0 radical (unpaired) electrons. The molecule has 1 aromatic carbocycles. The summed E-state index contributed by atoms with van der Waals surface area (Å²) in [7, 11) is 0. The van der Waals surface area contributed by atoms with Crippen LogP contribution in [0.4, 0.5) is 4.79 Å². The summed E-state index contributed by atoms with van der Waals surface area (Å²) in [6.45, 7) is 3.01. The second-order valence-electron chi connectivity index (χ2n) is 5.04. The number of benzene rings is 1. The first kappa shape index (κ1) is 16.5. The molecule has 6 heteroatoms. The van der Waals surface area contributed by atoms with E-state index in [9.17, 15) is 9.90 Å². The number of hydrogen-bond acceptors (Lipinski definition) is 4. The van der Waals surface area contributed by atoms with Crippen LogP contribution in [-0.2, 0) is 6.54 Å². The second kappa shape index (κ2) is 8.51. The first-order valence-electron chi connectivity index (χ1n) is 7.27. The summed E-state index contributed by atoms with van der Waals surface area (Å²) in [6, 6.07) is 9.71. The predicted molar refractivity (Wildman–Crippen MR) is 88.0 cm³/mol. The highest BCUT2D eigenvalue weighted by Crippen LogP contribution is 2.18. The van der Waals surface area contributed by atoms with Crippen LogP contribution in [-0.4, -0.2) is 29.3 Å². The molecular weight excluding hydrogens is 298 g/mol. The van der Waals surface area contributed by atoms with Gasteiger partial charge in [-0.2, -0.15) is 0 Å². The molecule has 0 saturated heterocycles. The third kappa shape index (κ3) is 4.82. The maximum Gasteiger partial charge on any atom is 0.315 e. The molecule has 118 valence electrons. The van der Waals surface area contributed by atoms with E-state index in [0.29, 0.717) is 19.5 Å². The standard InChI is InChI=1S/C16H21N3O2S/c1-12-15(22-11-19-12)10-18-16(21)17-9-14(7-8-20)13-5-3-2-4-6-13/h2-6,11,14,20H,7-10H2,1H3,(H2,17,18,21). The molecule has 0 aliphatic carbocycles. The number of nitrogens with one attached hydrogen (secondary N) is 2. The van der Waals surface area contributed by atoms with Gasteiger partial charge >= 0.3 is 6.03 Å². The van der Waals surface area contributed by atoms with Crippen LogP contribution in [0.3, 0.4) is 0 Å². The van der Waals surface area contributed by atoms with Crippen LogP contribution in [0.2, 0.25) is 0 Å². The van der Waals surface area contributed by atoms with Gasteiger partial charge in [0.15, 0.2) is 0 Å². The molecule has 2 amide bonds. The Morgan fingerprint density at radius 1 is 1.32 bits per heavy atom. The minimum atomic E-state index is -0.202. The van der Waals surface area contributed by atoms with Gasteiger partial charge in [-0.15, -0.1) is 11.3 Å². The molecule has 1 atom stereocenters. The zero-order valence-electron chi connectivity index (χ0n) is 12.6. The molecule has 1 unspecified atom stereocenters. The van der Waals surface area contributed by atoms with Crippen LogP contribution in [0.1, 0.15) is 28.5 Å². The normalized spacial score (nSPS) is 11.9. The summed E-state index contributed by atoms with van der Waals surface area (Å²) in [5, 5.41) is 14.9. The van der Waals surface area contributed by atoms with Gasteiger partial charge in [-0.3, -0.25) is 0 Å². The van der Waals surface area contributed by atoms with Crippen LogP contribution in [0.15, 0.2) is 35.8 Å². The Morgan fingerprint density at radius 2 is 2.09 bits per heavy atom. The van der Waals surface area contributed by atoms with Gasteiger partial charge in [0.2, 0.25) is 0 Å². The molecular formula is C16H21N3O2S. The molecule has 0 spiro atoms. The molecule has 1 heterocycles. The zero-order chi connectivity index (χ0) is 15.8.